The molecule has 0 atom stereocenters. The molecule has 104 valence electrons. The fraction of sp³-hybridized carbons (Fsp3) is 0.0714. The van der Waals surface area contributed by atoms with Gasteiger partial charge in [0.15, 0.2) is 5.11 Å². The minimum Gasteiger partial charge on any atom is -0.332 e. The molecule has 2 aromatic carbocycles. The average Bonchev–Trinajstić information content (AvgIpc) is 2.38. The molecule has 2 nitrogen and oxygen atoms in total. The van der Waals surface area contributed by atoms with Crippen LogP contribution in [0.15, 0.2) is 36.4 Å². The van der Waals surface area contributed by atoms with Gasteiger partial charge in [-0.3, -0.25) is 0 Å². The second kappa shape index (κ2) is 6.39. The van der Waals surface area contributed by atoms with Crippen LogP contribution < -0.4 is 10.6 Å². The SMILES string of the molecule is Cc1ccc(F)cc1NC(=S)Nc1cc(Cl)ccc1Cl. The number of hydrogen-bond donors (Lipinski definition) is 2. The molecule has 6 heteroatoms. The summed E-state index contributed by atoms with van der Waals surface area (Å²) in [6, 6.07) is 9.46. The van der Waals surface area contributed by atoms with Crippen LogP contribution in [-0.4, -0.2) is 5.11 Å². The van der Waals surface area contributed by atoms with Crippen LogP contribution in [0.2, 0.25) is 10.0 Å². The number of halogens is 3. The molecular formula is C14H11Cl2FN2S. The van der Waals surface area contributed by atoms with Crippen LogP contribution in [0.3, 0.4) is 0 Å². The fourth-order valence-corrected chi connectivity index (χ4v) is 2.15. The Hall–Kier alpha value is -1.36. The molecule has 0 radical (unpaired) electrons. The van der Waals surface area contributed by atoms with E-state index in [4.69, 9.17) is 35.4 Å². The quantitative estimate of drug-likeness (QED) is 0.736. The lowest BCUT2D eigenvalue weighted by molar-refractivity contribution is 0.628. The zero-order valence-electron chi connectivity index (χ0n) is 10.5. The van der Waals surface area contributed by atoms with Crippen LogP contribution in [0.4, 0.5) is 15.8 Å². The van der Waals surface area contributed by atoms with E-state index in [2.05, 4.69) is 10.6 Å². The highest BCUT2D eigenvalue weighted by molar-refractivity contribution is 7.80. The Labute approximate surface area is 131 Å². The highest BCUT2D eigenvalue weighted by atomic mass is 35.5. The number of benzene rings is 2. The number of aryl methyl sites for hydroxylation is 1. The molecule has 20 heavy (non-hydrogen) atoms. The largest absolute Gasteiger partial charge is 0.332 e. The van der Waals surface area contributed by atoms with Gasteiger partial charge in [0, 0.05) is 10.7 Å². The Morgan fingerprint density at radius 2 is 1.75 bits per heavy atom. The van der Waals surface area contributed by atoms with E-state index >= 15 is 0 Å². The Kier molecular flexibility index (Phi) is 4.81. The van der Waals surface area contributed by atoms with Crippen LogP contribution in [0.5, 0.6) is 0 Å². The second-order valence-corrected chi connectivity index (χ2v) is 5.41. The molecule has 2 N–H and O–H groups in total. The first-order valence-corrected chi connectivity index (χ1v) is 6.91. The Morgan fingerprint density at radius 3 is 2.50 bits per heavy atom. The van der Waals surface area contributed by atoms with Gasteiger partial charge in [-0.25, -0.2) is 4.39 Å². The van der Waals surface area contributed by atoms with Crippen LogP contribution in [0, 0.1) is 12.7 Å². The highest BCUT2D eigenvalue weighted by Crippen LogP contribution is 2.25. The summed E-state index contributed by atoms with van der Waals surface area (Å²) in [5, 5.41) is 7.20. The first-order valence-electron chi connectivity index (χ1n) is 5.75. The molecule has 0 saturated carbocycles. The van der Waals surface area contributed by atoms with Crippen molar-refractivity contribution in [2.24, 2.45) is 0 Å². The summed E-state index contributed by atoms with van der Waals surface area (Å²) < 4.78 is 13.2. The fourth-order valence-electron chi connectivity index (χ4n) is 1.60. The van der Waals surface area contributed by atoms with Gasteiger partial charge in [0.05, 0.1) is 10.7 Å². The van der Waals surface area contributed by atoms with E-state index in [1.54, 1.807) is 24.3 Å². The molecular weight excluding hydrogens is 318 g/mol. The molecule has 0 saturated heterocycles. The van der Waals surface area contributed by atoms with Crippen molar-refractivity contribution in [2.45, 2.75) is 6.92 Å². The van der Waals surface area contributed by atoms with Gasteiger partial charge < -0.3 is 10.6 Å². The maximum atomic E-state index is 13.2. The summed E-state index contributed by atoms with van der Waals surface area (Å²) in [5.41, 5.74) is 2.07. The predicted molar refractivity (Wildman–Crippen MR) is 87.4 cm³/mol. The summed E-state index contributed by atoms with van der Waals surface area (Å²) in [7, 11) is 0. The zero-order chi connectivity index (χ0) is 14.7. The lowest BCUT2D eigenvalue weighted by atomic mass is 10.2. The summed E-state index contributed by atoms with van der Waals surface area (Å²) in [6.07, 6.45) is 0. The minimum absolute atomic E-state index is 0.308. The van der Waals surface area contributed by atoms with Gasteiger partial charge in [-0.05, 0) is 55.0 Å². The van der Waals surface area contributed by atoms with Crippen LogP contribution in [0.25, 0.3) is 0 Å². The van der Waals surface area contributed by atoms with Crippen molar-refractivity contribution in [3.8, 4) is 0 Å². The van der Waals surface area contributed by atoms with Gasteiger partial charge in [-0.1, -0.05) is 29.3 Å². The third-order valence-electron chi connectivity index (χ3n) is 2.62. The van der Waals surface area contributed by atoms with Crippen molar-refractivity contribution in [1.29, 1.82) is 0 Å². The molecule has 0 fully saturated rings. The van der Waals surface area contributed by atoms with E-state index in [9.17, 15) is 4.39 Å². The van der Waals surface area contributed by atoms with Crippen LogP contribution >= 0.6 is 35.4 Å². The molecule has 0 amide bonds. The third kappa shape index (κ3) is 3.82. The lowest BCUT2D eigenvalue weighted by Crippen LogP contribution is -2.20. The number of anilines is 2. The first-order chi connectivity index (χ1) is 9.45. The molecule has 0 unspecified atom stereocenters. The van der Waals surface area contributed by atoms with E-state index in [-0.39, 0.29) is 5.82 Å². The van der Waals surface area contributed by atoms with Gasteiger partial charge in [-0.2, -0.15) is 0 Å². The maximum absolute atomic E-state index is 13.2. The minimum atomic E-state index is -0.332. The van der Waals surface area contributed by atoms with Gasteiger partial charge in [0.2, 0.25) is 0 Å². The van der Waals surface area contributed by atoms with E-state index in [1.807, 2.05) is 6.92 Å². The standard InChI is InChI=1S/C14H11Cl2FN2S/c1-8-2-4-10(17)7-12(8)18-14(20)19-13-6-9(15)3-5-11(13)16/h2-7H,1H3,(H2,18,19,20). The monoisotopic (exact) mass is 328 g/mol. The van der Waals surface area contributed by atoms with Crippen molar-refractivity contribution in [3.63, 3.8) is 0 Å². The maximum Gasteiger partial charge on any atom is 0.175 e. The molecule has 2 aromatic rings. The highest BCUT2D eigenvalue weighted by Gasteiger charge is 2.06. The molecule has 0 spiro atoms. The number of nitrogens with one attached hydrogen (secondary N) is 2. The van der Waals surface area contributed by atoms with Crippen molar-refractivity contribution in [3.05, 3.63) is 57.8 Å². The Morgan fingerprint density at radius 1 is 1.05 bits per heavy atom. The van der Waals surface area contributed by atoms with Gasteiger partial charge in [0.1, 0.15) is 5.82 Å². The van der Waals surface area contributed by atoms with Crippen LogP contribution in [-0.2, 0) is 0 Å². The number of thiocarbonyl (C=S) groups is 1. The summed E-state index contributed by atoms with van der Waals surface area (Å²) in [5.74, 6) is -0.332. The number of hydrogen-bond acceptors (Lipinski definition) is 1. The smallest absolute Gasteiger partial charge is 0.175 e. The molecule has 0 aliphatic heterocycles. The number of rotatable bonds is 2. The van der Waals surface area contributed by atoms with Gasteiger partial charge in [-0.15, -0.1) is 0 Å². The van der Waals surface area contributed by atoms with E-state index < -0.39 is 0 Å². The van der Waals surface area contributed by atoms with E-state index in [1.165, 1.54) is 12.1 Å². The van der Waals surface area contributed by atoms with Crippen LogP contribution in [0.1, 0.15) is 5.56 Å². The summed E-state index contributed by atoms with van der Waals surface area (Å²) >= 11 is 17.1. The molecule has 0 aromatic heterocycles. The first kappa shape index (κ1) is 15.0. The Balaban J connectivity index is 2.13. The third-order valence-corrected chi connectivity index (χ3v) is 3.39. The van der Waals surface area contributed by atoms with Crippen molar-refractivity contribution in [2.75, 3.05) is 10.6 Å². The predicted octanol–water partition coefficient (Wildman–Crippen LogP) is 5.25. The molecule has 0 heterocycles. The Bertz CT molecular complexity index is 606. The van der Waals surface area contributed by atoms with E-state index in [0.29, 0.717) is 26.5 Å². The zero-order valence-corrected chi connectivity index (χ0v) is 12.8. The summed E-state index contributed by atoms with van der Waals surface area (Å²) in [6.45, 7) is 1.86. The summed E-state index contributed by atoms with van der Waals surface area (Å²) in [4.78, 5) is 0. The topological polar surface area (TPSA) is 24.1 Å². The average molecular weight is 329 g/mol. The van der Waals surface area contributed by atoms with E-state index in [0.717, 1.165) is 5.56 Å². The molecule has 0 bridgehead atoms. The second-order valence-electron chi connectivity index (χ2n) is 4.16. The van der Waals surface area contributed by atoms with Crippen molar-refractivity contribution >= 4 is 51.9 Å². The lowest BCUT2D eigenvalue weighted by Gasteiger charge is -2.13. The van der Waals surface area contributed by atoms with Gasteiger partial charge >= 0.3 is 0 Å². The normalized spacial score (nSPS) is 10.2. The molecule has 0 aliphatic carbocycles. The van der Waals surface area contributed by atoms with Crippen molar-refractivity contribution < 1.29 is 4.39 Å². The molecule has 0 aliphatic rings. The molecule has 2 rings (SSSR count). The van der Waals surface area contributed by atoms with Crippen molar-refractivity contribution in [1.82, 2.24) is 0 Å². The van der Waals surface area contributed by atoms with Gasteiger partial charge in [0.25, 0.3) is 0 Å².